The molecule has 2 rings (SSSR count). The van der Waals surface area contributed by atoms with Crippen molar-refractivity contribution in [1.82, 2.24) is 9.78 Å². The Morgan fingerprint density at radius 1 is 1.55 bits per heavy atom. The largest absolute Gasteiger partial charge is 0.495 e. The molecule has 1 aromatic carbocycles. The van der Waals surface area contributed by atoms with Crippen LogP contribution >= 0.6 is 11.6 Å². The minimum absolute atomic E-state index is 0.00118. The van der Waals surface area contributed by atoms with E-state index in [1.54, 1.807) is 36.2 Å². The number of ether oxygens (including phenoxy) is 1. The molecule has 0 fully saturated rings. The first-order valence-electron chi connectivity index (χ1n) is 6.22. The van der Waals surface area contributed by atoms with Gasteiger partial charge < -0.3 is 10.1 Å². The van der Waals surface area contributed by atoms with Crippen LogP contribution in [0.3, 0.4) is 0 Å². The Morgan fingerprint density at radius 2 is 2.35 bits per heavy atom. The summed E-state index contributed by atoms with van der Waals surface area (Å²) in [6.45, 7) is 1.94. The van der Waals surface area contributed by atoms with Crippen molar-refractivity contribution in [2.45, 2.75) is 19.4 Å². The molecular weight excluding hydrogens is 278 g/mol. The quantitative estimate of drug-likeness (QED) is 0.921. The molecule has 1 amide bonds. The van der Waals surface area contributed by atoms with Crippen LogP contribution in [0.25, 0.3) is 0 Å². The molecule has 1 aromatic heterocycles. The third kappa shape index (κ3) is 3.51. The third-order valence-corrected chi connectivity index (χ3v) is 3.19. The molecule has 2 aromatic rings. The number of nitrogens with zero attached hydrogens (tertiary/aromatic N) is 2. The van der Waals surface area contributed by atoms with Gasteiger partial charge in [-0.1, -0.05) is 11.6 Å². The van der Waals surface area contributed by atoms with Crippen molar-refractivity contribution < 1.29 is 9.53 Å². The predicted molar refractivity (Wildman–Crippen MR) is 78.2 cm³/mol. The Hall–Kier alpha value is -2.01. The first-order valence-corrected chi connectivity index (χ1v) is 6.60. The number of rotatable bonds is 5. The summed E-state index contributed by atoms with van der Waals surface area (Å²) in [7, 11) is 1.55. The highest BCUT2D eigenvalue weighted by Gasteiger charge is 2.11. The highest BCUT2D eigenvalue weighted by molar-refractivity contribution is 6.32. The lowest BCUT2D eigenvalue weighted by molar-refractivity contribution is -0.116. The molecule has 0 aliphatic heterocycles. The van der Waals surface area contributed by atoms with Crippen LogP contribution in [0.15, 0.2) is 36.7 Å². The molecule has 1 atom stereocenters. The van der Waals surface area contributed by atoms with Gasteiger partial charge in [-0.2, -0.15) is 5.10 Å². The van der Waals surface area contributed by atoms with Gasteiger partial charge >= 0.3 is 0 Å². The number of hydrogen-bond donors (Lipinski definition) is 1. The van der Waals surface area contributed by atoms with Crippen LogP contribution in [0, 0.1) is 0 Å². The number of nitrogens with one attached hydrogen (secondary N) is 1. The Labute approximate surface area is 122 Å². The molecule has 0 bridgehead atoms. The van der Waals surface area contributed by atoms with Gasteiger partial charge in [0.2, 0.25) is 5.91 Å². The maximum atomic E-state index is 12.0. The van der Waals surface area contributed by atoms with E-state index < -0.39 is 0 Å². The average Bonchev–Trinajstić information content (AvgIpc) is 2.92. The van der Waals surface area contributed by atoms with Gasteiger partial charge in [-0.25, -0.2) is 0 Å². The van der Waals surface area contributed by atoms with Crippen LogP contribution in [-0.2, 0) is 4.79 Å². The third-order valence-electron chi connectivity index (χ3n) is 2.89. The van der Waals surface area contributed by atoms with Crippen LogP contribution in [0.5, 0.6) is 5.75 Å². The van der Waals surface area contributed by atoms with Gasteiger partial charge in [-0.05, 0) is 31.2 Å². The van der Waals surface area contributed by atoms with Crippen molar-refractivity contribution in [3.63, 3.8) is 0 Å². The van der Waals surface area contributed by atoms with Gasteiger partial charge in [0.15, 0.2) is 0 Å². The number of hydrogen-bond acceptors (Lipinski definition) is 3. The van der Waals surface area contributed by atoms with E-state index in [9.17, 15) is 4.79 Å². The predicted octanol–water partition coefficient (Wildman–Crippen LogP) is 3.13. The lowest BCUT2D eigenvalue weighted by Gasteiger charge is -2.12. The van der Waals surface area contributed by atoms with Crippen LogP contribution < -0.4 is 10.1 Å². The van der Waals surface area contributed by atoms with Gasteiger partial charge in [-0.15, -0.1) is 0 Å². The van der Waals surface area contributed by atoms with Crippen LogP contribution in [-0.4, -0.2) is 22.8 Å². The van der Waals surface area contributed by atoms with Crippen molar-refractivity contribution in [1.29, 1.82) is 0 Å². The number of anilines is 1. The van der Waals surface area contributed by atoms with Gasteiger partial charge in [0.1, 0.15) is 5.75 Å². The summed E-state index contributed by atoms with van der Waals surface area (Å²) in [5, 5.41) is 7.38. The molecule has 0 aliphatic carbocycles. The summed E-state index contributed by atoms with van der Waals surface area (Å²) in [5.41, 5.74) is 0.647. The smallest absolute Gasteiger partial charge is 0.226 e. The molecule has 0 radical (unpaired) electrons. The molecule has 0 spiro atoms. The molecule has 6 heteroatoms. The minimum Gasteiger partial charge on any atom is -0.495 e. The Bertz CT molecular complexity index is 584. The second-order valence-electron chi connectivity index (χ2n) is 4.44. The summed E-state index contributed by atoms with van der Waals surface area (Å²) in [6, 6.07) is 6.96. The normalized spacial score (nSPS) is 11.9. The summed E-state index contributed by atoms with van der Waals surface area (Å²) >= 11 is 6.01. The number of carbonyl (C=O) groups is 1. The molecule has 106 valence electrons. The number of amides is 1. The summed E-state index contributed by atoms with van der Waals surface area (Å²) < 4.78 is 6.81. The monoisotopic (exact) mass is 293 g/mol. The fourth-order valence-corrected chi connectivity index (χ4v) is 2.12. The van der Waals surface area contributed by atoms with Crippen molar-refractivity contribution in [2.75, 3.05) is 12.4 Å². The standard InChI is InChI=1S/C14H16ClN3O2/c1-10(18-7-3-6-16-18)8-14(19)17-11-4-5-13(20-2)12(15)9-11/h3-7,9-10H,8H2,1-2H3,(H,17,19)/t10-/m0/s1. The summed E-state index contributed by atoms with van der Waals surface area (Å²) in [6.07, 6.45) is 3.87. The first kappa shape index (κ1) is 14.4. The molecule has 1 heterocycles. The topological polar surface area (TPSA) is 56.1 Å². The molecule has 0 aliphatic rings. The van der Waals surface area contributed by atoms with Crippen molar-refractivity contribution >= 4 is 23.2 Å². The molecule has 1 N–H and O–H groups in total. The zero-order chi connectivity index (χ0) is 14.5. The molecule has 0 saturated carbocycles. The molecule has 0 unspecified atom stereocenters. The highest BCUT2D eigenvalue weighted by Crippen LogP contribution is 2.27. The lowest BCUT2D eigenvalue weighted by Crippen LogP contribution is -2.17. The fourth-order valence-electron chi connectivity index (χ4n) is 1.86. The number of methoxy groups -OCH3 is 1. The van der Waals surface area contributed by atoms with E-state index in [0.29, 0.717) is 22.9 Å². The van der Waals surface area contributed by atoms with E-state index in [0.717, 1.165) is 0 Å². The van der Waals surface area contributed by atoms with Gasteiger partial charge in [0, 0.05) is 24.5 Å². The molecule has 20 heavy (non-hydrogen) atoms. The van der Waals surface area contributed by atoms with E-state index >= 15 is 0 Å². The van der Waals surface area contributed by atoms with Crippen LogP contribution in [0.4, 0.5) is 5.69 Å². The number of carbonyl (C=O) groups excluding carboxylic acids is 1. The summed E-state index contributed by atoms with van der Waals surface area (Å²) in [4.78, 5) is 12.0. The van der Waals surface area contributed by atoms with Crippen molar-refractivity contribution in [2.24, 2.45) is 0 Å². The zero-order valence-electron chi connectivity index (χ0n) is 11.3. The van der Waals surface area contributed by atoms with E-state index in [1.807, 2.05) is 19.2 Å². The van der Waals surface area contributed by atoms with Crippen molar-refractivity contribution in [3.05, 3.63) is 41.7 Å². The lowest BCUT2D eigenvalue weighted by atomic mass is 10.2. The van der Waals surface area contributed by atoms with E-state index in [4.69, 9.17) is 16.3 Å². The second-order valence-corrected chi connectivity index (χ2v) is 4.84. The molecule has 0 saturated heterocycles. The maximum Gasteiger partial charge on any atom is 0.226 e. The Morgan fingerprint density at radius 3 is 2.95 bits per heavy atom. The summed E-state index contributed by atoms with van der Waals surface area (Å²) in [5.74, 6) is 0.490. The SMILES string of the molecule is COc1ccc(NC(=O)C[C@H](C)n2cccn2)cc1Cl. The number of aromatic nitrogens is 2. The fraction of sp³-hybridized carbons (Fsp3) is 0.286. The minimum atomic E-state index is -0.0887. The van der Waals surface area contributed by atoms with Gasteiger partial charge in [-0.3, -0.25) is 9.48 Å². The molecular formula is C14H16ClN3O2. The van der Waals surface area contributed by atoms with Gasteiger partial charge in [0.25, 0.3) is 0 Å². The Kier molecular flexibility index (Phi) is 4.63. The van der Waals surface area contributed by atoms with Gasteiger partial charge in [0.05, 0.1) is 18.2 Å². The average molecular weight is 294 g/mol. The van der Waals surface area contributed by atoms with E-state index in [1.165, 1.54) is 0 Å². The second kappa shape index (κ2) is 6.43. The van der Waals surface area contributed by atoms with Crippen LogP contribution in [0.1, 0.15) is 19.4 Å². The zero-order valence-corrected chi connectivity index (χ0v) is 12.1. The molecule has 5 nitrogen and oxygen atoms in total. The van der Waals surface area contributed by atoms with E-state index in [2.05, 4.69) is 10.4 Å². The number of halogens is 1. The highest BCUT2D eigenvalue weighted by atomic mass is 35.5. The Balaban J connectivity index is 1.96. The van der Waals surface area contributed by atoms with Crippen molar-refractivity contribution in [3.8, 4) is 5.75 Å². The first-order chi connectivity index (χ1) is 9.60. The maximum absolute atomic E-state index is 12.0. The van der Waals surface area contributed by atoms with Crippen LogP contribution in [0.2, 0.25) is 5.02 Å². The van der Waals surface area contributed by atoms with E-state index in [-0.39, 0.29) is 11.9 Å². The number of benzene rings is 1.